The van der Waals surface area contributed by atoms with Gasteiger partial charge >= 0.3 is 6.01 Å². The standard InChI is InChI=1S/C21H23N5O3/c1-28-17-5-2-4-14(12-17)18-13-19(26-25-18)20(27)24-15-6-8-16(9-7-15)29-21-22-10-3-11-23-21/h2-5,10-13,15-16H,6-9H2,1H3,(H,24,27)(H,25,26). The van der Waals surface area contributed by atoms with Gasteiger partial charge in [0.1, 0.15) is 17.5 Å². The smallest absolute Gasteiger partial charge is 0.316 e. The molecule has 1 amide bonds. The lowest BCUT2D eigenvalue weighted by atomic mass is 9.93. The number of amides is 1. The van der Waals surface area contributed by atoms with Crippen molar-refractivity contribution in [2.45, 2.75) is 37.8 Å². The maximum absolute atomic E-state index is 12.6. The monoisotopic (exact) mass is 393 g/mol. The fourth-order valence-electron chi connectivity index (χ4n) is 3.45. The molecule has 1 saturated carbocycles. The summed E-state index contributed by atoms with van der Waals surface area (Å²) in [4.78, 5) is 20.8. The molecule has 2 heterocycles. The van der Waals surface area contributed by atoms with E-state index in [4.69, 9.17) is 9.47 Å². The van der Waals surface area contributed by atoms with E-state index in [1.807, 2.05) is 24.3 Å². The summed E-state index contributed by atoms with van der Waals surface area (Å²) in [6.45, 7) is 0. The molecule has 0 unspecified atom stereocenters. The molecular weight excluding hydrogens is 370 g/mol. The van der Waals surface area contributed by atoms with Crippen LogP contribution in [0, 0.1) is 0 Å². The molecule has 2 aromatic heterocycles. The van der Waals surface area contributed by atoms with E-state index in [-0.39, 0.29) is 18.1 Å². The largest absolute Gasteiger partial charge is 0.497 e. The van der Waals surface area contributed by atoms with E-state index >= 15 is 0 Å². The Morgan fingerprint density at radius 3 is 2.66 bits per heavy atom. The van der Waals surface area contributed by atoms with E-state index in [1.165, 1.54) is 0 Å². The molecule has 0 saturated heterocycles. The van der Waals surface area contributed by atoms with Crippen molar-refractivity contribution in [1.29, 1.82) is 0 Å². The van der Waals surface area contributed by atoms with Gasteiger partial charge in [-0.3, -0.25) is 9.89 Å². The van der Waals surface area contributed by atoms with Gasteiger partial charge in [0.25, 0.3) is 5.91 Å². The van der Waals surface area contributed by atoms with Crippen molar-refractivity contribution in [2.75, 3.05) is 7.11 Å². The van der Waals surface area contributed by atoms with Crippen LogP contribution in [-0.2, 0) is 0 Å². The Balaban J connectivity index is 1.31. The number of benzene rings is 1. The van der Waals surface area contributed by atoms with Crippen molar-refractivity contribution in [2.24, 2.45) is 0 Å². The molecule has 0 atom stereocenters. The zero-order valence-electron chi connectivity index (χ0n) is 16.2. The van der Waals surface area contributed by atoms with Gasteiger partial charge in [0.2, 0.25) is 0 Å². The number of hydrogen-bond donors (Lipinski definition) is 2. The molecule has 3 aromatic rings. The van der Waals surface area contributed by atoms with Crippen LogP contribution in [0.2, 0.25) is 0 Å². The van der Waals surface area contributed by atoms with E-state index in [2.05, 4.69) is 25.5 Å². The van der Waals surface area contributed by atoms with E-state index < -0.39 is 0 Å². The summed E-state index contributed by atoms with van der Waals surface area (Å²) >= 11 is 0. The van der Waals surface area contributed by atoms with Gasteiger partial charge in [-0.25, -0.2) is 9.97 Å². The first-order chi connectivity index (χ1) is 14.2. The van der Waals surface area contributed by atoms with Crippen LogP contribution in [0.3, 0.4) is 0 Å². The van der Waals surface area contributed by atoms with Crippen LogP contribution in [0.25, 0.3) is 11.3 Å². The fraction of sp³-hybridized carbons (Fsp3) is 0.333. The minimum Gasteiger partial charge on any atom is -0.497 e. The van der Waals surface area contributed by atoms with Crippen LogP contribution >= 0.6 is 0 Å². The maximum Gasteiger partial charge on any atom is 0.316 e. The lowest BCUT2D eigenvalue weighted by molar-refractivity contribution is 0.0880. The SMILES string of the molecule is COc1cccc(-c2cc(C(=O)NC3CCC(Oc4ncccn4)CC3)[nH]n2)c1. The molecule has 0 aliphatic heterocycles. The van der Waals surface area contributed by atoms with Gasteiger partial charge in [-0.1, -0.05) is 12.1 Å². The number of aromatic nitrogens is 4. The number of methoxy groups -OCH3 is 1. The average molecular weight is 393 g/mol. The third-order valence-corrected chi connectivity index (χ3v) is 5.01. The van der Waals surface area contributed by atoms with Gasteiger partial charge in [-0.15, -0.1) is 0 Å². The molecule has 0 radical (unpaired) electrons. The number of H-pyrrole nitrogens is 1. The third-order valence-electron chi connectivity index (χ3n) is 5.01. The highest BCUT2D eigenvalue weighted by atomic mass is 16.5. The van der Waals surface area contributed by atoms with Crippen molar-refractivity contribution in [1.82, 2.24) is 25.5 Å². The molecule has 0 bridgehead atoms. The van der Waals surface area contributed by atoms with Crippen LogP contribution < -0.4 is 14.8 Å². The normalized spacial score (nSPS) is 18.8. The zero-order chi connectivity index (χ0) is 20.1. The van der Waals surface area contributed by atoms with Gasteiger partial charge in [0.15, 0.2) is 0 Å². The molecule has 8 nitrogen and oxygen atoms in total. The molecular formula is C21H23N5O3. The number of carbonyl (C=O) groups is 1. The first-order valence-corrected chi connectivity index (χ1v) is 9.65. The molecule has 150 valence electrons. The van der Waals surface area contributed by atoms with E-state index in [9.17, 15) is 4.79 Å². The van der Waals surface area contributed by atoms with Crippen LogP contribution in [0.15, 0.2) is 48.8 Å². The summed E-state index contributed by atoms with van der Waals surface area (Å²) in [7, 11) is 1.62. The molecule has 1 aliphatic carbocycles. The second kappa shape index (κ2) is 8.72. The van der Waals surface area contributed by atoms with Crippen molar-refractivity contribution >= 4 is 5.91 Å². The summed E-state index contributed by atoms with van der Waals surface area (Å²) in [5, 5.41) is 10.2. The predicted molar refractivity (Wildman–Crippen MR) is 107 cm³/mol. The van der Waals surface area contributed by atoms with Crippen molar-refractivity contribution in [3.05, 3.63) is 54.5 Å². The van der Waals surface area contributed by atoms with Gasteiger partial charge in [0.05, 0.1) is 12.8 Å². The van der Waals surface area contributed by atoms with Gasteiger partial charge in [-0.05, 0) is 49.9 Å². The zero-order valence-corrected chi connectivity index (χ0v) is 16.2. The molecule has 1 aromatic carbocycles. The number of hydrogen-bond acceptors (Lipinski definition) is 6. The van der Waals surface area contributed by atoms with E-state index in [1.54, 1.807) is 31.6 Å². The van der Waals surface area contributed by atoms with E-state index in [0.29, 0.717) is 17.4 Å². The Bertz CT molecular complexity index is 952. The lowest BCUT2D eigenvalue weighted by Gasteiger charge is -2.28. The molecule has 1 fully saturated rings. The highest BCUT2D eigenvalue weighted by molar-refractivity contribution is 5.93. The summed E-state index contributed by atoms with van der Waals surface area (Å²) < 4.78 is 11.0. The maximum atomic E-state index is 12.6. The fourth-order valence-corrected chi connectivity index (χ4v) is 3.45. The van der Waals surface area contributed by atoms with Crippen molar-refractivity contribution in [3.8, 4) is 23.0 Å². The van der Waals surface area contributed by atoms with E-state index in [0.717, 1.165) is 37.0 Å². The summed E-state index contributed by atoms with van der Waals surface area (Å²) in [6, 6.07) is 11.6. The van der Waals surface area contributed by atoms with Crippen molar-refractivity contribution in [3.63, 3.8) is 0 Å². The van der Waals surface area contributed by atoms with Crippen molar-refractivity contribution < 1.29 is 14.3 Å². The average Bonchev–Trinajstić information content (AvgIpc) is 3.26. The predicted octanol–water partition coefficient (Wildman–Crippen LogP) is 3.00. The lowest BCUT2D eigenvalue weighted by Crippen LogP contribution is -2.40. The second-order valence-corrected chi connectivity index (χ2v) is 7.00. The Labute approximate surface area is 168 Å². The summed E-state index contributed by atoms with van der Waals surface area (Å²) in [5.74, 6) is 0.596. The number of carbonyl (C=O) groups excluding carboxylic acids is 1. The first-order valence-electron chi connectivity index (χ1n) is 9.65. The highest BCUT2D eigenvalue weighted by Gasteiger charge is 2.25. The second-order valence-electron chi connectivity index (χ2n) is 7.00. The number of ether oxygens (including phenoxy) is 2. The molecule has 8 heteroatoms. The van der Waals surface area contributed by atoms with Crippen LogP contribution in [0.1, 0.15) is 36.2 Å². The quantitative estimate of drug-likeness (QED) is 0.667. The molecule has 0 spiro atoms. The Hall–Kier alpha value is -3.42. The Morgan fingerprint density at radius 1 is 1.10 bits per heavy atom. The van der Waals surface area contributed by atoms with Crippen LogP contribution in [0.4, 0.5) is 0 Å². The number of nitrogens with one attached hydrogen (secondary N) is 2. The summed E-state index contributed by atoms with van der Waals surface area (Å²) in [5.41, 5.74) is 2.04. The Kier molecular flexibility index (Phi) is 5.69. The van der Waals surface area contributed by atoms with Gasteiger partial charge in [-0.2, -0.15) is 5.10 Å². The van der Waals surface area contributed by atoms with Gasteiger partial charge in [0, 0.05) is 24.0 Å². The molecule has 1 aliphatic rings. The van der Waals surface area contributed by atoms with Gasteiger partial charge < -0.3 is 14.8 Å². The first kappa shape index (κ1) is 18.9. The van der Waals surface area contributed by atoms with Crippen LogP contribution in [-0.4, -0.2) is 45.3 Å². The highest BCUT2D eigenvalue weighted by Crippen LogP contribution is 2.24. The van der Waals surface area contributed by atoms with Crippen LogP contribution in [0.5, 0.6) is 11.8 Å². The summed E-state index contributed by atoms with van der Waals surface area (Å²) in [6.07, 6.45) is 6.80. The number of aromatic amines is 1. The third kappa shape index (κ3) is 4.71. The Morgan fingerprint density at radius 2 is 1.90 bits per heavy atom. The number of nitrogens with zero attached hydrogens (tertiary/aromatic N) is 3. The number of rotatable bonds is 6. The minimum absolute atomic E-state index is 0.0809. The minimum atomic E-state index is -0.151. The topological polar surface area (TPSA) is 102 Å². The molecule has 4 rings (SSSR count). The molecule has 29 heavy (non-hydrogen) atoms. The molecule has 2 N–H and O–H groups in total.